The van der Waals surface area contributed by atoms with Gasteiger partial charge in [-0.25, -0.2) is 9.97 Å². The van der Waals surface area contributed by atoms with Gasteiger partial charge in [0.05, 0.1) is 5.69 Å². The summed E-state index contributed by atoms with van der Waals surface area (Å²) >= 11 is 0. The Morgan fingerprint density at radius 3 is 3.00 bits per heavy atom. The summed E-state index contributed by atoms with van der Waals surface area (Å²) in [6.07, 6.45) is 3.34. The van der Waals surface area contributed by atoms with Crippen LogP contribution in [0.5, 0.6) is 0 Å². The molecule has 1 saturated heterocycles. The lowest BCUT2D eigenvalue weighted by Crippen LogP contribution is -2.54. The molecule has 0 bridgehead atoms. The van der Waals surface area contributed by atoms with Crippen molar-refractivity contribution in [3.05, 3.63) is 24.3 Å². The van der Waals surface area contributed by atoms with E-state index < -0.39 is 0 Å². The lowest BCUT2D eigenvalue weighted by atomic mass is 10.1. The van der Waals surface area contributed by atoms with Crippen molar-refractivity contribution in [1.82, 2.24) is 14.9 Å². The van der Waals surface area contributed by atoms with Gasteiger partial charge in [0.2, 0.25) is 0 Å². The first-order chi connectivity index (χ1) is 5.84. The number of rotatable bonds is 2. The number of hydrogen-bond donors (Lipinski definition) is 1. The third kappa shape index (κ3) is 1.60. The molecule has 0 amide bonds. The zero-order valence-corrected chi connectivity index (χ0v) is 6.85. The van der Waals surface area contributed by atoms with Crippen molar-refractivity contribution in [2.45, 2.75) is 12.6 Å². The number of hydrogen-bond acceptors (Lipinski definition) is 4. The molecule has 0 radical (unpaired) electrons. The Morgan fingerprint density at radius 1 is 1.58 bits per heavy atom. The van der Waals surface area contributed by atoms with Gasteiger partial charge in [-0.3, -0.25) is 4.90 Å². The van der Waals surface area contributed by atoms with Crippen molar-refractivity contribution >= 4 is 0 Å². The predicted molar refractivity (Wildman–Crippen MR) is 45.3 cm³/mol. The maximum Gasteiger partial charge on any atom is 0.115 e. The van der Waals surface area contributed by atoms with Crippen molar-refractivity contribution < 1.29 is 0 Å². The zero-order chi connectivity index (χ0) is 8.39. The maximum absolute atomic E-state index is 5.65. The second-order valence-corrected chi connectivity index (χ2v) is 3.15. The smallest absolute Gasteiger partial charge is 0.115 e. The topological polar surface area (TPSA) is 55.0 Å². The van der Waals surface area contributed by atoms with Crippen LogP contribution in [0.25, 0.3) is 0 Å². The van der Waals surface area contributed by atoms with Crippen LogP contribution in [0.1, 0.15) is 5.69 Å². The van der Waals surface area contributed by atoms with E-state index in [1.54, 1.807) is 12.5 Å². The Labute approximate surface area is 71.4 Å². The molecule has 2 N–H and O–H groups in total. The summed E-state index contributed by atoms with van der Waals surface area (Å²) in [7, 11) is 0. The third-order valence-electron chi connectivity index (χ3n) is 2.01. The molecule has 1 fully saturated rings. The summed E-state index contributed by atoms with van der Waals surface area (Å²) in [6, 6.07) is 2.30. The molecule has 0 unspecified atom stereocenters. The van der Waals surface area contributed by atoms with E-state index in [1.165, 1.54) is 0 Å². The Hall–Kier alpha value is -1.00. The van der Waals surface area contributed by atoms with Crippen molar-refractivity contribution in [2.75, 3.05) is 13.1 Å². The minimum Gasteiger partial charge on any atom is -0.325 e. The first kappa shape index (κ1) is 7.64. The summed E-state index contributed by atoms with van der Waals surface area (Å²) in [4.78, 5) is 10.3. The van der Waals surface area contributed by atoms with Crippen molar-refractivity contribution in [3.63, 3.8) is 0 Å². The molecule has 64 valence electrons. The van der Waals surface area contributed by atoms with E-state index in [0.29, 0.717) is 6.04 Å². The molecule has 0 atom stereocenters. The predicted octanol–water partition coefficient (Wildman–Crippen LogP) is -0.381. The summed E-state index contributed by atoms with van der Waals surface area (Å²) in [5, 5.41) is 0. The standard InChI is InChI=1S/C8H12N4/c9-7-3-12(4-7)5-8-1-2-10-6-11-8/h1-2,6-7H,3-5,9H2. The van der Waals surface area contributed by atoms with Gasteiger partial charge < -0.3 is 5.73 Å². The molecule has 1 aliphatic heterocycles. The van der Waals surface area contributed by atoms with E-state index in [2.05, 4.69) is 14.9 Å². The Bertz CT molecular complexity index is 242. The molecular weight excluding hydrogens is 152 g/mol. The Balaban J connectivity index is 1.88. The summed E-state index contributed by atoms with van der Waals surface area (Å²) in [6.45, 7) is 2.88. The molecule has 4 heteroatoms. The second-order valence-electron chi connectivity index (χ2n) is 3.15. The maximum atomic E-state index is 5.65. The lowest BCUT2D eigenvalue weighted by molar-refractivity contribution is 0.140. The van der Waals surface area contributed by atoms with Crippen LogP contribution in [-0.4, -0.2) is 34.0 Å². The van der Waals surface area contributed by atoms with E-state index >= 15 is 0 Å². The largest absolute Gasteiger partial charge is 0.325 e. The van der Waals surface area contributed by atoms with E-state index in [-0.39, 0.29) is 0 Å². The van der Waals surface area contributed by atoms with E-state index in [0.717, 1.165) is 25.3 Å². The molecule has 0 aromatic carbocycles. The quantitative estimate of drug-likeness (QED) is 0.647. The Kier molecular flexibility index (Phi) is 2.01. The summed E-state index contributed by atoms with van der Waals surface area (Å²) in [5.74, 6) is 0. The second kappa shape index (κ2) is 3.16. The number of likely N-dealkylation sites (tertiary alicyclic amines) is 1. The number of nitrogens with two attached hydrogens (primary N) is 1. The van der Waals surface area contributed by atoms with Gasteiger partial charge in [-0.1, -0.05) is 0 Å². The van der Waals surface area contributed by atoms with Crippen LogP contribution in [0.2, 0.25) is 0 Å². The van der Waals surface area contributed by atoms with Crippen LogP contribution in [0.15, 0.2) is 18.6 Å². The average Bonchev–Trinajstić information content (AvgIpc) is 2.04. The van der Waals surface area contributed by atoms with Crippen LogP contribution in [0.3, 0.4) is 0 Å². The zero-order valence-electron chi connectivity index (χ0n) is 6.85. The van der Waals surface area contributed by atoms with Gasteiger partial charge in [0.1, 0.15) is 6.33 Å². The molecule has 1 aromatic rings. The molecule has 0 aliphatic carbocycles. The molecular formula is C8H12N4. The first-order valence-corrected chi connectivity index (χ1v) is 4.07. The van der Waals surface area contributed by atoms with E-state index in [1.807, 2.05) is 6.07 Å². The van der Waals surface area contributed by atoms with Gasteiger partial charge in [-0.05, 0) is 6.07 Å². The van der Waals surface area contributed by atoms with E-state index in [4.69, 9.17) is 5.73 Å². The molecule has 0 spiro atoms. The van der Waals surface area contributed by atoms with Crippen LogP contribution in [0, 0.1) is 0 Å². The molecule has 1 aromatic heterocycles. The molecule has 2 heterocycles. The monoisotopic (exact) mass is 164 g/mol. The fourth-order valence-corrected chi connectivity index (χ4v) is 1.38. The highest BCUT2D eigenvalue weighted by Crippen LogP contribution is 2.08. The van der Waals surface area contributed by atoms with Crippen LogP contribution < -0.4 is 5.73 Å². The fourth-order valence-electron chi connectivity index (χ4n) is 1.38. The Morgan fingerprint density at radius 2 is 2.42 bits per heavy atom. The normalized spacial score (nSPS) is 19.1. The number of aromatic nitrogens is 2. The van der Waals surface area contributed by atoms with Gasteiger partial charge in [-0.2, -0.15) is 0 Å². The first-order valence-electron chi connectivity index (χ1n) is 4.07. The summed E-state index contributed by atoms with van der Waals surface area (Å²) < 4.78 is 0. The molecule has 4 nitrogen and oxygen atoms in total. The SMILES string of the molecule is NC1CN(Cc2ccncn2)C1. The molecule has 1 aliphatic rings. The van der Waals surface area contributed by atoms with Gasteiger partial charge >= 0.3 is 0 Å². The summed E-state index contributed by atoms with van der Waals surface area (Å²) in [5.41, 5.74) is 6.71. The average molecular weight is 164 g/mol. The number of nitrogens with zero attached hydrogens (tertiary/aromatic N) is 3. The van der Waals surface area contributed by atoms with Crippen molar-refractivity contribution in [2.24, 2.45) is 5.73 Å². The van der Waals surface area contributed by atoms with Crippen molar-refractivity contribution in [3.8, 4) is 0 Å². The lowest BCUT2D eigenvalue weighted by Gasteiger charge is -2.36. The van der Waals surface area contributed by atoms with Crippen molar-refractivity contribution in [1.29, 1.82) is 0 Å². The highest BCUT2D eigenvalue weighted by Gasteiger charge is 2.22. The van der Waals surface area contributed by atoms with Gasteiger partial charge in [0.25, 0.3) is 0 Å². The minimum absolute atomic E-state index is 0.367. The van der Waals surface area contributed by atoms with E-state index in [9.17, 15) is 0 Å². The minimum atomic E-state index is 0.367. The third-order valence-corrected chi connectivity index (χ3v) is 2.01. The fraction of sp³-hybridized carbons (Fsp3) is 0.500. The highest BCUT2D eigenvalue weighted by atomic mass is 15.2. The molecule has 0 saturated carbocycles. The van der Waals surface area contributed by atoms with Gasteiger partial charge in [-0.15, -0.1) is 0 Å². The van der Waals surface area contributed by atoms with Crippen LogP contribution >= 0.6 is 0 Å². The van der Waals surface area contributed by atoms with Gasteiger partial charge in [0.15, 0.2) is 0 Å². The highest BCUT2D eigenvalue weighted by molar-refractivity contribution is 4.99. The van der Waals surface area contributed by atoms with Crippen LogP contribution in [-0.2, 0) is 6.54 Å². The molecule has 12 heavy (non-hydrogen) atoms. The molecule has 2 rings (SSSR count). The van der Waals surface area contributed by atoms with Gasteiger partial charge in [0, 0.05) is 31.9 Å². The van der Waals surface area contributed by atoms with Crippen LogP contribution in [0.4, 0.5) is 0 Å².